The second-order valence-corrected chi connectivity index (χ2v) is 10.3. The number of ketones is 1. The van der Waals surface area contributed by atoms with Crippen LogP contribution in [-0.2, 0) is 20.7 Å². The minimum Gasteiger partial charge on any atom is -0.492 e. The van der Waals surface area contributed by atoms with Crippen molar-refractivity contribution in [3.8, 4) is 5.75 Å². The lowest BCUT2D eigenvalue weighted by molar-refractivity contribution is -0.141. The maximum atomic E-state index is 13.2. The van der Waals surface area contributed by atoms with E-state index < -0.39 is 12.0 Å². The number of benzene rings is 4. The molecule has 4 aromatic carbocycles. The largest absolute Gasteiger partial charge is 0.492 e. The van der Waals surface area contributed by atoms with E-state index in [0.717, 1.165) is 5.56 Å². The summed E-state index contributed by atoms with van der Waals surface area (Å²) in [6.45, 7) is 5.97. The van der Waals surface area contributed by atoms with Gasteiger partial charge in [-0.15, -0.1) is 0 Å². The Bertz CT molecular complexity index is 1590. The Hall–Kier alpha value is -4.88. The second-order valence-electron chi connectivity index (χ2n) is 9.87. The van der Waals surface area contributed by atoms with E-state index in [0.29, 0.717) is 51.8 Å². The van der Waals surface area contributed by atoms with E-state index >= 15 is 0 Å². The second kappa shape index (κ2) is 14.8. The molecule has 7 nitrogen and oxygen atoms in total. The summed E-state index contributed by atoms with van der Waals surface area (Å²) in [5, 5.41) is 3.74. The van der Waals surface area contributed by atoms with Crippen molar-refractivity contribution in [2.45, 2.75) is 19.4 Å². The van der Waals surface area contributed by atoms with E-state index in [9.17, 15) is 14.4 Å². The van der Waals surface area contributed by atoms with Crippen LogP contribution in [0.3, 0.4) is 0 Å². The van der Waals surface area contributed by atoms with Crippen LogP contribution in [0.15, 0.2) is 115 Å². The highest BCUT2D eigenvalue weighted by molar-refractivity contribution is 6.31. The summed E-state index contributed by atoms with van der Waals surface area (Å²) in [4.78, 5) is 40.3. The lowest BCUT2D eigenvalue weighted by atomic mass is 10.00. The van der Waals surface area contributed by atoms with Gasteiger partial charge in [-0.2, -0.15) is 0 Å². The molecule has 0 fully saturated rings. The number of para-hydroxylation sites is 1. The maximum Gasteiger partial charge on any atom is 0.328 e. The van der Waals surface area contributed by atoms with Gasteiger partial charge in [0.1, 0.15) is 18.4 Å². The van der Waals surface area contributed by atoms with Gasteiger partial charge in [-0.05, 0) is 55.0 Å². The molecule has 1 atom stereocenters. The van der Waals surface area contributed by atoms with Crippen molar-refractivity contribution in [1.29, 1.82) is 0 Å². The fourth-order valence-corrected chi connectivity index (χ4v) is 4.69. The summed E-state index contributed by atoms with van der Waals surface area (Å²) >= 11 is 6.13. The molecule has 8 heteroatoms. The summed E-state index contributed by atoms with van der Waals surface area (Å²) < 4.78 is 11.0. The number of amides is 1. The molecule has 43 heavy (non-hydrogen) atoms. The summed E-state index contributed by atoms with van der Waals surface area (Å²) in [7, 11) is 1.33. The number of anilines is 2. The number of nitrogens with one attached hydrogen (secondary N) is 1. The average Bonchev–Trinajstić information content (AvgIpc) is 3.03. The fraction of sp³-hybridized carbons (Fsp3) is 0.171. The van der Waals surface area contributed by atoms with E-state index in [1.807, 2.05) is 42.5 Å². The molecule has 0 aliphatic carbocycles. The molecule has 4 aromatic rings. The first-order valence-corrected chi connectivity index (χ1v) is 14.1. The quantitative estimate of drug-likeness (QED) is 0.104. The molecule has 0 unspecified atom stereocenters. The van der Waals surface area contributed by atoms with Gasteiger partial charge in [0.05, 0.1) is 13.7 Å². The molecule has 0 saturated heterocycles. The third-order valence-electron chi connectivity index (χ3n) is 6.70. The monoisotopic (exact) mass is 596 g/mol. The van der Waals surface area contributed by atoms with Crippen molar-refractivity contribution in [3.05, 3.63) is 137 Å². The van der Waals surface area contributed by atoms with Crippen molar-refractivity contribution in [2.24, 2.45) is 0 Å². The lowest BCUT2D eigenvalue weighted by Crippen LogP contribution is -2.35. The first-order valence-electron chi connectivity index (χ1n) is 13.7. The average molecular weight is 597 g/mol. The molecule has 1 amide bonds. The van der Waals surface area contributed by atoms with Crippen molar-refractivity contribution in [2.75, 3.05) is 30.5 Å². The third-order valence-corrected chi connectivity index (χ3v) is 6.94. The van der Waals surface area contributed by atoms with Gasteiger partial charge in [0, 0.05) is 39.5 Å². The molecule has 0 bridgehead atoms. The Kier molecular flexibility index (Phi) is 10.7. The van der Waals surface area contributed by atoms with Gasteiger partial charge in [0.2, 0.25) is 0 Å². The Morgan fingerprint density at radius 2 is 1.60 bits per heavy atom. The zero-order valence-corrected chi connectivity index (χ0v) is 24.8. The summed E-state index contributed by atoms with van der Waals surface area (Å²) in [5.41, 5.74) is 3.49. The highest BCUT2D eigenvalue weighted by atomic mass is 35.5. The molecule has 0 spiro atoms. The van der Waals surface area contributed by atoms with Crippen LogP contribution in [0.4, 0.5) is 11.4 Å². The molecule has 0 aromatic heterocycles. The van der Waals surface area contributed by atoms with Crippen LogP contribution < -0.4 is 15.0 Å². The fourth-order valence-electron chi connectivity index (χ4n) is 4.51. The normalized spacial score (nSPS) is 11.2. The first-order chi connectivity index (χ1) is 20.8. The SMILES string of the molecule is C=C(C)C(=O)N(CCOc1ccc(C[C@H](Nc2ccccc2C(=O)c2ccccc2)C(=O)OC)cc1)c1cccc(Cl)c1. The zero-order valence-electron chi connectivity index (χ0n) is 24.1. The van der Waals surface area contributed by atoms with Crippen molar-refractivity contribution < 1.29 is 23.9 Å². The first kappa shape index (κ1) is 31.1. The highest BCUT2D eigenvalue weighted by Crippen LogP contribution is 2.23. The number of hydrogen-bond acceptors (Lipinski definition) is 6. The predicted molar refractivity (Wildman–Crippen MR) is 170 cm³/mol. The van der Waals surface area contributed by atoms with Gasteiger partial charge in [-0.25, -0.2) is 4.79 Å². The van der Waals surface area contributed by atoms with Crippen molar-refractivity contribution >= 4 is 40.6 Å². The maximum absolute atomic E-state index is 13.2. The van der Waals surface area contributed by atoms with Crippen LogP contribution in [0.2, 0.25) is 5.02 Å². The van der Waals surface area contributed by atoms with Crippen LogP contribution >= 0.6 is 11.6 Å². The molecule has 4 rings (SSSR count). The Labute approximate surface area is 256 Å². The van der Waals surface area contributed by atoms with Gasteiger partial charge < -0.3 is 19.7 Å². The minimum atomic E-state index is -0.735. The van der Waals surface area contributed by atoms with Crippen molar-refractivity contribution in [3.63, 3.8) is 0 Å². The Morgan fingerprint density at radius 1 is 0.907 bits per heavy atom. The number of ether oxygens (including phenoxy) is 2. The van der Waals surface area contributed by atoms with Gasteiger partial charge in [0.15, 0.2) is 5.78 Å². The summed E-state index contributed by atoms with van der Waals surface area (Å²) in [5.74, 6) is -0.202. The standard InChI is InChI=1S/C35H33ClN2O5/c1-24(2)34(40)38(28-13-9-12-27(36)23-28)20-21-43-29-18-16-25(17-19-29)22-32(35(41)42-3)37-31-15-8-7-14-30(31)33(39)26-10-5-4-6-11-26/h4-19,23,32,37H,1,20-22H2,2-3H3/t32-/m0/s1. The number of carbonyl (C=O) groups is 3. The lowest BCUT2D eigenvalue weighted by Gasteiger charge is -2.23. The topological polar surface area (TPSA) is 84.9 Å². The van der Waals surface area contributed by atoms with Crippen LogP contribution in [-0.4, -0.2) is 44.0 Å². The van der Waals surface area contributed by atoms with E-state index in [2.05, 4.69) is 11.9 Å². The van der Waals surface area contributed by atoms with E-state index in [1.165, 1.54) is 7.11 Å². The number of methoxy groups -OCH3 is 1. The molecule has 0 saturated carbocycles. The molecular weight excluding hydrogens is 564 g/mol. The number of hydrogen-bond donors (Lipinski definition) is 1. The van der Waals surface area contributed by atoms with Crippen LogP contribution in [0, 0.1) is 0 Å². The molecular formula is C35H33ClN2O5. The van der Waals surface area contributed by atoms with E-state index in [-0.39, 0.29) is 18.3 Å². The number of rotatable bonds is 13. The van der Waals surface area contributed by atoms with Crippen LogP contribution in [0.5, 0.6) is 5.75 Å². The van der Waals surface area contributed by atoms with Gasteiger partial charge >= 0.3 is 5.97 Å². The Morgan fingerprint density at radius 3 is 2.28 bits per heavy atom. The predicted octanol–water partition coefficient (Wildman–Crippen LogP) is 6.76. The molecule has 0 heterocycles. The number of halogens is 1. The third kappa shape index (κ3) is 8.33. The summed E-state index contributed by atoms with van der Waals surface area (Å²) in [6, 6.07) is 29.8. The van der Waals surface area contributed by atoms with Gasteiger partial charge in [0.25, 0.3) is 5.91 Å². The summed E-state index contributed by atoms with van der Waals surface area (Å²) in [6.07, 6.45) is 0.316. The number of carbonyl (C=O) groups excluding carboxylic acids is 3. The van der Waals surface area contributed by atoms with Crippen LogP contribution in [0.25, 0.3) is 0 Å². The number of nitrogens with zero attached hydrogens (tertiary/aromatic N) is 1. The minimum absolute atomic E-state index is 0.146. The highest BCUT2D eigenvalue weighted by Gasteiger charge is 2.23. The molecule has 0 aliphatic heterocycles. The van der Waals surface area contributed by atoms with E-state index in [1.54, 1.807) is 72.5 Å². The molecule has 0 radical (unpaired) electrons. The van der Waals surface area contributed by atoms with Crippen molar-refractivity contribution in [1.82, 2.24) is 0 Å². The molecule has 1 N–H and O–H groups in total. The number of esters is 1. The zero-order chi connectivity index (χ0) is 30.8. The Balaban J connectivity index is 1.42. The van der Waals surface area contributed by atoms with Gasteiger partial charge in [-0.1, -0.05) is 78.8 Å². The molecule has 0 aliphatic rings. The van der Waals surface area contributed by atoms with Gasteiger partial charge in [-0.3, -0.25) is 9.59 Å². The van der Waals surface area contributed by atoms with Crippen LogP contribution in [0.1, 0.15) is 28.4 Å². The van der Waals surface area contributed by atoms with E-state index in [4.69, 9.17) is 21.1 Å². The smallest absolute Gasteiger partial charge is 0.328 e. The molecule has 220 valence electrons.